The van der Waals surface area contributed by atoms with E-state index in [-0.39, 0.29) is 12.9 Å². The Morgan fingerprint density at radius 3 is 2.62 bits per heavy atom. The van der Waals surface area contributed by atoms with Gasteiger partial charge in [0, 0.05) is 6.99 Å². The van der Waals surface area contributed by atoms with E-state index in [0.717, 1.165) is 4.73 Å². The molecule has 0 aliphatic heterocycles. The number of hydrogen-bond donors (Lipinski definition) is 1. The Kier molecular flexibility index (Phi) is 2.76. The SMILES string of the molecule is CCc1ccc(C(C)C)c(=O)n1O.[HH]. The maximum Gasteiger partial charge on any atom is 0.286 e. The molecule has 0 bridgehead atoms. The van der Waals surface area contributed by atoms with Gasteiger partial charge in [0.1, 0.15) is 0 Å². The van der Waals surface area contributed by atoms with Gasteiger partial charge in [-0.3, -0.25) is 4.79 Å². The molecule has 0 fully saturated rings. The number of nitrogens with zero attached hydrogens (tertiary/aromatic N) is 1. The van der Waals surface area contributed by atoms with Crippen LogP contribution in [0, 0.1) is 0 Å². The third kappa shape index (κ3) is 1.74. The van der Waals surface area contributed by atoms with Gasteiger partial charge < -0.3 is 5.21 Å². The maximum atomic E-state index is 11.5. The Morgan fingerprint density at radius 2 is 2.15 bits per heavy atom. The minimum absolute atomic E-state index is 0. The fraction of sp³-hybridized carbons (Fsp3) is 0.500. The molecule has 3 nitrogen and oxygen atoms in total. The first-order chi connectivity index (χ1) is 6.07. The fourth-order valence-corrected chi connectivity index (χ4v) is 1.29. The molecule has 1 aromatic rings. The molecule has 3 heteroatoms. The minimum atomic E-state index is -0.297. The van der Waals surface area contributed by atoms with Gasteiger partial charge in [-0.15, -0.1) is 0 Å². The minimum Gasteiger partial charge on any atom is -0.425 e. The van der Waals surface area contributed by atoms with Gasteiger partial charge in [-0.2, -0.15) is 4.73 Å². The highest BCUT2D eigenvalue weighted by atomic mass is 16.5. The van der Waals surface area contributed by atoms with Gasteiger partial charge in [-0.25, -0.2) is 0 Å². The van der Waals surface area contributed by atoms with Crippen LogP contribution in [0.2, 0.25) is 0 Å². The third-order valence-corrected chi connectivity index (χ3v) is 2.15. The molecular formula is C10H17NO2. The molecule has 0 aliphatic rings. The van der Waals surface area contributed by atoms with Crippen LogP contribution in [0.4, 0.5) is 0 Å². The van der Waals surface area contributed by atoms with Crippen LogP contribution in [-0.2, 0) is 6.42 Å². The van der Waals surface area contributed by atoms with Gasteiger partial charge in [0.2, 0.25) is 0 Å². The lowest BCUT2D eigenvalue weighted by Crippen LogP contribution is -2.24. The van der Waals surface area contributed by atoms with Crippen molar-refractivity contribution in [2.24, 2.45) is 0 Å². The molecule has 13 heavy (non-hydrogen) atoms. The fourth-order valence-electron chi connectivity index (χ4n) is 1.29. The van der Waals surface area contributed by atoms with E-state index in [1.807, 2.05) is 20.8 Å². The van der Waals surface area contributed by atoms with Crippen LogP contribution in [0.3, 0.4) is 0 Å². The summed E-state index contributed by atoms with van der Waals surface area (Å²) >= 11 is 0. The standard InChI is InChI=1S/C10H15NO2.H2/c1-4-8-5-6-9(7(2)3)10(12)11(8)13;/h5-7,13H,4H2,1-3H3;1H. The summed E-state index contributed by atoms with van der Waals surface area (Å²) in [6, 6.07) is 3.58. The Labute approximate surface area is 79.1 Å². The summed E-state index contributed by atoms with van der Waals surface area (Å²) in [5, 5.41) is 9.43. The zero-order chi connectivity index (χ0) is 10.0. The Balaban J connectivity index is 0.00000169. The van der Waals surface area contributed by atoms with Crippen LogP contribution in [0.5, 0.6) is 0 Å². The van der Waals surface area contributed by atoms with E-state index in [0.29, 0.717) is 17.7 Å². The van der Waals surface area contributed by atoms with E-state index in [2.05, 4.69) is 0 Å². The van der Waals surface area contributed by atoms with Gasteiger partial charge >= 0.3 is 0 Å². The van der Waals surface area contributed by atoms with Crippen LogP contribution < -0.4 is 5.56 Å². The highest BCUT2D eigenvalue weighted by Gasteiger charge is 2.08. The molecule has 0 aliphatic carbocycles. The van der Waals surface area contributed by atoms with E-state index in [9.17, 15) is 10.0 Å². The van der Waals surface area contributed by atoms with Crippen molar-refractivity contribution in [2.75, 3.05) is 0 Å². The van der Waals surface area contributed by atoms with E-state index in [4.69, 9.17) is 0 Å². The molecule has 0 amide bonds. The van der Waals surface area contributed by atoms with Crippen molar-refractivity contribution < 1.29 is 6.63 Å². The maximum absolute atomic E-state index is 11.5. The van der Waals surface area contributed by atoms with Gasteiger partial charge in [0.05, 0.1) is 5.69 Å². The van der Waals surface area contributed by atoms with Gasteiger partial charge in [0.25, 0.3) is 5.56 Å². The molecule has 0 saturated carbocycles. The monoisotopic (exact) mass is 183 g/mol. The summed E-state index contributed by atoms with van der Waals surface area (Å²) < 4.78 is 0.745. The first-order valence-corrected chi connectivity index (χ1v) is 4.52. The smallest absolute Gasteiger partial charge is 0.286 e. The lowest BCUT2D eigenvalue weighted by Gasteiger charge is -2.08. The number of pyridine rings is 1. The molecule has 0 saturated heterocycles. The average molecular weight is 183 g/mol. The third-order valence-electron chi connectivity index (χ3n) is 2.15. The molecule has 0 aromatic carbocycles. The molecule has 1 heterocycles. The van der Waals surface area contributed by atoms with Crippen molar-refractivity contribution in [3.05, 3.63) is 33.7 Å². The molecule has 0 atom stereocenters. The van der Waals surface area contributed by atoms with Crippen molar-refractivity contribution in [1.82, 2.24) is 4.73 Å². The second kappa shape index (κ2) is 3.64. The topological polar surface area (TPSA) is 42.2 Å². The number of rotatable bonds is 2. The summed E-state index contributed by atoms with van der Waals surface area (Å²) in [4.78, 5) is 11.5. The Bertz CT molecular complexity index is 358. The number of aromatic nitrogens is 1. The summed E-state index contributed by atoms with van der Waals surface area (Å²) in [5.74, 6) is 0.150. The van der Waals surface area contributed by atoms with Crippen LogP contribution in [0.15, 0.2) is 16.9 Å². The number of hydrogen-bond acceptors (Lipinski definition) is 2. The van der Waals surface area contributed by atoms with Crippen molar-refractivity contribution in [2.45, 2.75) is 33.1 Å². The normalized spacial score (nSPS) is 10.8. The second-order valence-corrected chi connectivity index (χ2v) is 3.41. The van der Waals surface area contributed by atoms with E-state index in [1.54, 1.807) is 12.1 Å². The first kappa shape index (κ1) is 9.84. The largest absolute Gasteiger partial charge is 0.425 e. The molecule has 0 unspecified atom stereocenters. The summed E-state index contributed by atoms with van der Waals surface area (Å²) in [5.41, 5.74) is 1.00. The lowest BCUT2D eigenvalue weighted by atomic mass is 10.1. The average Bonchev–Trinajstić information content (AvgIpc) is 2.09. The molecule has 0 spiro atoms. The number of aryl methyl sites for hydroxylation is 1. The highest BCUT2D eigenvalue weighted by molar-refractivity contribution is 5.18. The zero-order valence-corrected chi connectivity index (χ0v) is 8.24. The van der Waals surface area contributed by atoms with Crippen LogP contribution in [0.25, 0.3) is 0 Å². The Hall–Kier alpha value is -1.25. The first-order valence-electron chi connectivity index (χ1n) is 4.52. The van der Waals surface area contributed by atoms with Crippen LogP contribution in [0.1, 0.15) is 39.4 Å². The van der Waals surface area contributed by atoms with Crippen LogP contribution in [-0.4, -0.2) is 9.94 Å². The molecule has 1 aromatic heterocycles. The van der Waals surface area contributed by atoms with Gasteiger partial charge in [0.15, 0.2) is 0 Å². The molecule has 1 rings (SSSR count). The summed E-state index contributed by atoms with van der Waals surface area (Å²) in [7, 11) is 0. The van der Waals surface area contributed by atoms with E-state index in [1.165, 1.54) is 0 Å². The van der Waals surface area contributed by atoms with Gasteiger partial charge in [-0.05, 0) is 18.4 Å². The van der Waals surface area contributed by atoms with Crippen molar-refractivity contribution in [3.63, 3.8) is 0 Å². The Morgan fingerprint density at radius 1 is 1.54 bits per heavy atom. The second-order valence-electron chi connectivity index (χ2n) is 3.41. The predicted octanol–water partition coefficient (Wildman–Crippen LogP) is 2.02. The highest BCUT2D eigenvalue weighted by Crippen LogP contribution is 2.09. The van der Waals surface area contributed by atoms with Crippen LogP contribution >= 0.6 is 0 Å². The molecule has 0 radical (unpaired) electrons. The van der Waals surface area contributed by atoms with Gasteiger partial charge in [-0.1, -0.05) is 26.8 Å². The van der Waals surface area contributed by atoms with E-state index >= 15 is 0 Å². The predicted molar refractivity (Wildman–Crippen MR) is 53.5 cm³/mol. The summed E-state index contributed by atoms with van der Waals surface area (Å²) in [6.45, 7) is 5.77. The van der Waals surface area contributed by atoms with Crippen molar-refractivity contribution in [1.29, 1.82) is 0 Å². The molecule has 74 valence electrons. The molecular weight excluding hydrogens is 166 g/mol. The quantitative estimate of drug-likeness (QED) is 0.713. The zero-order valence-electron chi connectivity index (χ0n) is 8.24. The van der Waals surface area contributed by atoms with E-state index < -0.39 is 0 Å². The molecule has 1 N–H and O–H groups in total. The van der Waals surface area contributed by atoms with Crippen molar-refractivity contribution >= 4 is 0 Å². The summed E-state index contributed by atoms with van der Waals surface area (Å²) in [6.07, 6.45) is 0.657. The lowest BCUT2D eigenvalue weighted by molar-refractivity contribution is 0.164. The van der Waals surface area contributed by atoms with Crippen molar-refractivity contribution in [3.8, 4) is 0 Å².